The van der Waals surface area contributed by atoms with E-state index in [1.807, 2.05) is 19.9 Å². The van der Waals surface area contributed by atoms with Crippen molar-refractivity contribution < 1.29 is 17.9 Å². The Labute approximate surface area is 201 Å². The number of hydrogen-bond donors (Lipinski definition) is 1. The Morgan fingerprint density at radius 3 is 2.41 bits per heavy atom. The highest BCUT2D eigenvalue weighted by molar-refractivity contribution is 7.92. The van der Waals surface area contributed by atoms with E-state index in [-0.39, 0.29) is 23.4 Å². The minimum atomic E-state index is -3.95. The van der Waals surface area contributed by atoms with E-state index in [0.29, 0.717) is 18.0 Å². The molecule has 1 N–H and O–H groups in total. The van der Waals surface area contributed by atoms with Gasteiger partial charge in [-0.3, -0.25) is 9.10 Å². The molecule has 178 valence electrons. The second-order valence-corrected chi connectivity index (χ2v) is 10.3. The Balaban J connectivity index is 1.56. The molecule has 0 saturated heterocycles. The molecule has 0 spiro atoms. The smallest absolute Gasteiger partial charge is 0.264 e. The molecule has 3 aromatic carbocycles. The summed E-state index contributed by atoms with van der Waals surface area (Å²) in [5.41, 5.74) is 4.12. The van der Waals surface area contributed by atoms with Crippen molar-refractivity contribution >= 4 is 21.6 Å². The quantitative estimate of drug-likeness (QED) is 0.486. The number of aryl methyl sites for hydroxylation is 2. The monoisotopic (exact) mass is 478 g/mol. The first kappa shape index (κ1) is 23.8. The lowest BCUT2D eigenvalue weighted by Gasteiger charge is -2.25. The van der Waals surface area contributed by atoms with E-state index in [9.17, 15) is 13.2 Å². The van der Waals surface area contributed by atoms with E-state index in [2.05, 4.69) is 17.4 Å². The summed E-state index contributed by atoms with van der Waals surface area (Å²) in [6.45, 7) is 3.98. The van der Waals surface area contributed by atoms with Crippen LogP contribution in [-0.4, -0.2) is 27.5 Å². The highest BCUT2D eigenvalue weighted by Crippen LogP contribution is 2.27. The number of ether oxygens (including phenoxy) is 1. The number of benzene rings is 3. The van der Waals surface area contributed by atoms with Crippen molar-refractivity contribution in [3.8, 4) is 5.75 Å². The summed E-state index contributed by atoms with van der Waals surface area (Å²) >= 11 is 0. The Hall–Kier alpha value is -3.32. The van der Waals surface area contributed by atoms with E-state index < -0.39 is 10.0 Å². The molecule has 0 unspecified atom stereocenters. The van der Waals surface area contributed by atoms with Crippen LogP contribution >= 0.6 is 0 Å². The maximum absolute atomic E-state index is 13.5. The number of carbonyl (C=O) groups excluding carboxylic acids is 1. The average Bonchev–Trinajstić information content (AvgIpc) is 3.32. The second-order valence-electron chi connectivity index (χ2n) is 8.42. The van der Waals surface area contributed by atoms with Gasteiger partial charge in [0, 0.05) is 0 Å². The van der Waals surface area contributed by atoms with Crippen molar-refractivity contribution in [2.75, 3.05) is 17.5 Å². The molecule has 0 radical (unpaired) electrons. The third-order valence-electron chi connectivity index (χ3n) is 6.05. The van der Waals surface area contributed by atoms with Crippen LogP contribution in [0.4, 0.5) is 5.69 Å². The number of carbonyl (C=O) groups is 1. The van der Waals surface area contributed by atoms with E-state index >= 15 is 0 Å². The lowest BCUT2D eigenvalue weighted by atomic mass is 10.0. The number of sulfonamides is 1. The molecule has 1 atom stereocenters. The Morgan fingerprint density at radius 2 is 1.71 bits per heavy atom. The summed E-state index contributed by atoms with van der Waals surface area (Å²) in [5, 5.41) is 2.97. The molecule has 6 nitrogen and oxygen atoms in total. The second kappa shape index (κ2) is 10.3. The Morgan fingerprint density at radius 1 is 1.00 bits per heavy atom. The molecule has 0 bridgehead atoms. The molecule has 4 rings (SSSR count). The first-order valence-electron chi connectivity index (χ1n) is 11.6. The molecule has 0 aromatic heterocycles. The Kier molecular flexibility index (Phi) is 7.22. The van der Waals surface area contributed by atoms with Crippen LogP contribution in [0.1, 0.15) is 43.0 Å². The van der Waals surface area contributed by atoms with Crippen molar-refractivity contribution in [3.05, 3.63) is 89.5 Å². The van der Waals surface area contributed by atoms with Gasteiger partial charge in [0.15, 0.2) is 0 Å². The SMILES string of the molecule is CCOc1ccc(N(CC(=O)N[C@@H](C)c2ccc3c(c2)CCC3)S(=O)(=O)c2ccccc2)cc1. The van der Waals surface area contributed by atoms with Gasteiger partial charge in [0.2, 0.25) is 5.91 Å². The van der Waals surface area contributed by atoms with Gasteiger partial charge in [-0.1, -0.05) is 36.4 Å². The number of hydrogen-bond acceptors (Lipinski definition) is 4. The van der Waals surface area contributed by atoms with E-state index in [1.165, 1.54) is 23.3 Å². The molecule has 1 aliphatic rings. The van der Waals surface area contributed by atoms with Crippen LogP contribution in [0.2, 0.25) is 0 Å². The van der Waals surface area contributed by atoms with Crippen molar-refractivity contribution in [1.82, 2.24) is 5.32 Å². The number of anilines is 1. The fraction of sp³-hybridized carbons (Fsp3) is 0.296. The number of nitrogens with one attached hydrogen (secondary N) is 1. The zero-order chi connectivity index (χ0) is 24.1. The molecule has 34 heavy (non-hydrogen) atoms. The minimum Gasteiger partial charge on any atom is -0.494 e. The highest BCUT2D eigenvalue weighted by atomic mass is 32.2. The molecule has 3 aromatic rings. The van der Waals surface area contributed by atoms with Crippen LogP contribution in [0.25, 0.3) is 0 Å². The van der Waals surface area contributed by atoms with Crippen molar-refractivity contribution in [3.63, 3.8) is 0 Å². The highest BCUT2D eigenvalue weighted by Gasteiger charge is 2.28. The number of fused-ring (bicyclic) bond motifs is 1. The van der Waals surface area contributed by atoms with E-state index in [4.69, 9.17) is 4.74 Å². The van der Waals surface area contributed by atoms with Gasteiger partial charge >= 0.3 is 0 Å². The summed E-state index contributed by atoms with van der Waals surface area (Å²) in [5.74, 6) is 0.263. The van der Waals surface area contributed by atoms with Crippen LogP contribution in [-0.2, 0) is 27.7 Å². The molecule has 1 aliphatic carbocycles. The fourth-order valence-corrected chi connectivity index (χ4v) is 5.71. The minimum absolute atomic E-state index is 0.128. The van der Waals surface area contributed by atoms with Gasteiger partial charge in [-0.2, -0.15) is 0 Å². The topological polar surface area (TPSA) is 75.7 Å². The van der Waals surface area contributed by atoms with Gasteiger partial charge in [0.1, 0.15) is 12.3 Å². The van der Waals surface area contributed by atoms with Crippen LogP contribution in [0, 0.1) is 0 Å². The van der Waals surface area contributed by atoms with Gasteiger partial charge in [0.05, 0.1) is 23.2 Å². The predicted octanol–water partition coefficient (Wildman–Crippen LogP) is 4.65. The van der Waals surface area contributed by atoms with Crippen LogP contribution in [0.5, 0.6) is 5.75 Å². The fourth-order valence-electron chi connectivity index (χ4n) is 4.27. The Bertz CT molecular complexity index is 1240. The average molecular weight is 479 g/mol. The van der Waals surface area contributed by atoms with Crippen molar-refractivity contribution in [1.29, 1.82) is 0 Å². The van der Waals surface area contributed by atoms with Crippen molar-refractivity contribution in [2.24, 2.45) is 0 Å². The maximum atomic E-state index is 13.5. The molecular weight excluding hydrogens is 448 g/mol. The van der Waals surface area contributed by atoms with Crippen LogP contribution < -0.4 is 14.4 Å². The summed E-state index contributed by atoms with van der Waals surface area (Å²) in [4.78, 5) is 13.2. The number of rotatable bonds is 9. The largest absolute Gasteiger partial charge is 0.494 e. The summed E-state index contributed by atoms with van der Waals surface area (Å²) in [7, 11) is -3.95. The predicted molar refractivity (Wildman–Crippen MR) is 134 cm³/mol. The van der Waals surface area contributed by atoms with Crippen molar-refractivity contribution in [2.45, 2.75) is 44.0 Å². The zero-order valence-corrected chi connectivity index (χ0v) is 20.3. The lowest BCUT2D eigenvalue weighted by molar-refractivity contribution is -0.120. The summed E-state index contributed by atoms with van der Waals surface area (Å²) < 4.78 is 33.6. The molecular formula is C27H30N2O4S. The zero-order valence-electron chi connectivity index (χ0n) is 19.5. The van der Waals surface area contributed by atoms with Crippen LogP contribution in [0.15, 0.2) is 77.7 Å². The van der Waals surface area contributed by atoms with E-state index in [0.717, 1.165) is 29.1 Å². The molecule has 7 heteroatoms. The molecule has 1 amide bonds. The maximum Gasteiger partial charge on any atom is 0.264 e. The van der Waals surface area contributed by atoms with Crippen LogP contribution in [0.3, 0.4) is 0 Å². The first-order valence-corrected chi connectivity index (χ1v) is 13.0. The summed E-state index contributed by atoms with van der Waals surface area (Å²) in [6.07, 6.45) is 3.32. The molecule has 0 saturated carbocycles. The third kappa shape index (κ3) is 5.25. The van der Waals surface area contributed by atoms with Gasteiger partial charge in [0.25, 0.3) is 10.0 Å². The van der Waals surface area contributed by atoms with Gasteiger partial charge in [-0.05, 0) is 86.2 Å². The number of amides is 1. The van der Waals surface area contributed by atoms with E-state index in [1.54, 1.807) is 42.5 Å². The standard InChI is InChI=1S/C27H30N2O4S/c1-3-33-25-16-14-24(15-17-25)29(34(31,32)26-10-5-4-6-11-26)19-27(30)28-20(2)22-13-12-21-8-7-9-23(21)18-22/h4-6,10-18,20H,3,7-9,19H2,1-2H3,(H,28,30)/t20-/m0/s1. The summed E-state index contributed by atoms with van der Waals surface area (Å²) in [6, 6.07) is 21.0. The molecule has 0 heterocycles. The third-order valence-corrected chi connectivity index (χ3v) is 7.84. The molecule has 0 aliphatic heterocycles. The van der Waals surface area contributed by atoms with Gasteiger partial charge < -0.3 is 10.1 Å². The van der Waals surface area contributed by atoms with Gasteiger partial charge in [-0.25, -0.2) is 8.42 Å². The first-order chi connectivity index (χ1) is 16.4. The lowest BCUT2D eigenvalue weighted by Crippen LogP contribution is -2.41. The number of nitrogens with zero attached hydrogens (tertiary/aromatic N) is 1. The van der Waals surface area contributed by atoms with Gasteiger partial charge in [-0.15, -0.1) is 0 Å². The normalized spacial score (nSPS) is 13.7. The molecule has 0 fully saturated rings.